The highest BCUT2D eigenvalue weighted by Gasteiger charge is 2.12. The third-order valence-corrected chi connectivity index (χ3v) is 3.62. The molecule has 1 aromatic heterocycles. The molecule has 0 saturated carbocycles. The summed E-state index contributed by atoms with van der Waals surface area (Å²) in [4.78, 5) is 8.38. The van der Waals surface area contributed by atoms with Crippen LogP contribution in [0.4, 0.5) is 0 Å². The zero-order valence-corrected chi connectivity index (χ0v) is 11.6. The average molecular weight is 264 g/mol. The van der Waals surface area contributed by atoms with Crippen molar-refractivity contribution >= 4 is 10.8 Å². The van der Waals surface area contributed by atoms with Crippen LogP contribution in [0.15, 0.2) is 54.9 Å². The van der Waals surface area contributed by atoms with Crippen LogP contribution in [-0.4, -0.2) is 17.1 Å². The Labute approximate surface area is 118 Å². The fourth-order valence-corrected chi connectivity index (χ4v) is 2.46. The molecule has 1 atom stereocenters. The second-order valence-electron chi connectivity index (χ2n) is 4.79. The summed E-state index contributed by atoms with van der Waals surface area (Å²) >= 11 is 0. The lowest BCUT2D eigenvalue weighted by Crippen LogP contribution is -2.00. The molecule has 20 heavy (non-hydrogen) atoms. The van der Waals surface area contributed by atoms with E-state index in [0.717, 1.165) is 5.56 Å². The van der Waals surface area contributed by atoms with Crippen LogP contribution >= 0.6 is 0 Å². The second kappa shape index (κ2) is 5.29. The predicted octanol–water partition coefficient (Wildman–Crippen LogP) is 3.79. The number of hydrogen-bond acceptors (Lipinski definition) is 3. The molecule has 3 aromatic rings. The van der Waals surface area contributed by atoms with E-state index < -0.39 is 0 Å². The fourth-order valence-electron chi connectivity index (χ4n) is 2.46. The van der Waals surface area contributed by atoms with Crippen LogP contribution in [0.1, 0.15) is 24.0 Å². The third kappa shape index (κ3) is 2.23. The second-order valence-corrected chi connectivity index (χ2v) is 4.79. The molecule has 0 radical (unpaired) electrons. The predicted molar refractivity (Wildman–Crippen MR) is 80.0 cm³/mol. The van der Waals surface area contributed by atoms with E-state index in [4.69, 9.17) is 4.74 Å². The molecule has 0 amide bonds. The Kier molecular flexibility index (Phi) is 3.33. The van der Waals surface area contributed by atoms with Crippen molar-refractivity contribution in [2.45, 2.75) is 12.8 Å². The van der Waals surface area contributed by atoms with Gasteiger partial charge in [-0.15, -0.1) is 0 Å². The summed E-state index contributed by atoms with van der Waals surface area (Å²) in [5.41, 5.74) is 2.37. The number of methoxy groups -OCH3 is 1. The number of hydrogen-bond donors (Lipinski definition) is 0. The molecule has 3 heteroatoms. The van der Waals surface area contributed by atoms with Gasteiger partial charge < -0.3 is 4.74 Å². The first kappa shape index (κ1) is 12.6. The molecule has 1 unspecified atom stereocenters. The molecule has 1 heterocycles. The quantitative estimate of drug-likeness (QED) is 0.722. The van der Waals surface area contributed by atoms with E-state index in [1.54, 1.807) is 7.11 Å². The maximum atomic E-state index is 5.00. The first-order valence-electron chi connectivity index (χ1n) is 6.63. The summed E-state index contributed by atoms with van der Waals surface area (Å²) in [6.07, 6.45) is 3.66. The maximum Gasteiger partial charge on any atom is 0.316 e. The topological polar surface area (TPSA) is 35.0 Å². The Morgan fingerprint density at radius 2 is 1.65 bits per heavy atom. The Balaban J connectivity index is 2.05. The van der Waals surface area contributed by atoms with E-state index in [-0.39, 0.29) is 5.92 Å². The summed E-state index contributed by atoms with van der Waals surface area (Å²) in [5, 5.41) is 2.53. The average Bonchev–Trinajstić information content (AvgIpc) is 2.54. The van der Waals surface area contributed by atoms with Crippen LogP contribution in [0.25, 0.3) is 10.8 Å². The summed E-state index contributed by atoms with van der Waals surface area (Å²) in [6, 6.07) is 15.2. The fraction of sp³-hybridized carbons (Fsp3) is 0.176. The van der Waals surface area contributed by atoms with Gasteiger partial charge in [-0.3, -0.25) is 0 Å². The van der Waals surface area contributed by atoms with Crippen molar-refractivity contribution in [1.29, 1.82) is 0 Å². The van der Waals surface area contributed by atoms with E-state index in [1.165, 1.54) is 16.3 Å². The number of fused-ring (bicyclic) bond motifs is 1. The van der Waals surface area contributed by atoms with Gasteiger partial charge in [-0.05, 0) is 21.9 Å². The number of benzene rings is 2. The Hall–Kier alpha value is -2.42. The van der Waals surface area contributed by atoms with Crippen molar-refractivity contribution in [3.8, 4) is 6.01 Å². The van der Waals surface area contributed by atoms with Crippen LogP contribution in [0.2, 0.25) is 0 Å². The lowest BCUT2D eigenvalue weighted by Gasteiger charge is -2.14. The van der Waals surface area contributed by atoms with Crippen molar-refractivity contribution in [3.05, 3.63) is 66.0 Å². The van der Waals surface area contributed by atoms with E-state index in [1.807, 2.05) is 12.4 Å². The smallest absolute Gasteiger partial charge is 0.316 e. The minimum absolute atomic E-state index is 0.243. The molecular formula is C17H16N2O. The molecule has 0 fully saturated rings. The number of rotatable bonds is 3. The SMILES string of the molecule is COc1ncc(C(C)c2cccc3ccccc23)cn1. The van der Waals surface area contributed by atoms with Gasteiger partial charge in [0.1, 0.15) is 0 Å². The Morgan fingerprint density at radius 1 is 0.950 bits per heavy atom. The minimum Gasteiger partial charge on any atom is -0.467 e. The summed E-state index contributed by atoms with van der Waals surface area (Å²) < 4.78 is 5.00. The maximum absolute atomic E-state index is 5.00. The zero-order chi connectivity index (χ0) is 13.9. The molecule has 0 N–H and O–H groups in total. The van der Waals surface area contributed by atoms with Crippen molar-refractivity contribution in [2.75, 3.05) is 7.11 Å². The number of aromatic nitrogens is 2. The van der Waals surface area contributed by atoms with Crippen molar-refractivity contribution < 1.29 is 4.74 Å². The molecule has 0 bridgehead atoms. The third-order valence-electron chi connectivity index (χ3n) is 3.62. The zero-order valence-electron chi connectivity index (χ0n) is 11.6. The molecule has 0 spiro atoms. The molecule has 3 nitrogen and oxygen atoms in total. The van der Waals surface area contributed by atoms with Crippen LogP contribution in [0.3, 0.4) is 0 Å². The Morgan fingerprint density at radius 3 is 2.40 bits per heavy atom. The summed E-state index contributed by atoms with van der Waals surface area (Å²) in [6.45, 7) is 2.17. The lowest BCUT2D eigenvalue weighted by atomic mass is 9.91. The minimum atomic E-state index is 0.243. The van der Waals surface area contributed by atoms with Crippen LogP contribution in [0, 0.1) is 0 Å². The van der Waals surface area contributed by atoms with Crippen molar-refractivity contribution in [3.63, 3.8) is 0 Å². The van der Waals surface area contributed by atoms with Gasteiger partial charge in [-0.1, -0.05) is 49.4 Å². The number of ether oxygens (including phenoxy) is 1. The molecule has 0 aliphatic heterocycles. The van der Waals surface area contributed by atoms with Crippen molar-refractivity contribution in [1.82, 2.24) is 9.97 Å². The first-order chi connectivity index (χ1) is 9.79. The van der Waals surface area contributed by atoms with Gasteiger partial charge in [0.2, 0.25) is 0 Å². The summed E-state index contributed by atoms with van der Waals surface area (Å²) in [7, 11) is 1.57. The Bertz CT molecular complexity index is 717. The van der Waals surface area contributed by atoms with E-state index in [0.29, 0.717) is 6.01 Å². The van der Waals surface area contributed by atoms with Gasteiger partial charge in [0.05, 0.1) is 7.11 Å². The van der Waals surface area contributed by atoms with Gasteiger partial charge in [0.15, 0.2) is 0 Å². The molecule has 0 aliphatic carbocycles. The molecule has 2 aromatic carbocycles. The van der Waals surface area contributed by atoms with Gasteiger partial charge in [0, 0.05) is 18.3 Å². The van der Waals surface area contributed by atoms with Gasteiger partial charge in [-0.2, -0.15) is 0 Å². The van der Waals surface area contributed by atoms with E-state index >= 15 is 0 Å². The first-order valence-corrected chi connectivity index (χ1v) is 6.63. The van der Waals surface area contributed by atoms with E-state index in [2.05, 4.69) is 59.4 Å². The molecule has 0 saturated heterocycles. The highest BCUT2D eigenvalue weighted by molar-refractivity contribution is 5.86. The van der Waals surface area contributed by atoms with Gasteiger partial charge in [-0.25, -0.2) is 9.97 Å². The monoisotopic (exact) mass is 264 g/mol. The standard InChI is InChI=1S/C17H16N2O/c1-12(14-10-18-17(20-2)19-11-14)15-9-5-7-13-6-3-4-8-16(13)15/h3-12H,1-2H3. The largest absolute Gasteiger partial charge is 0.467 e. The van der Waals surface area contributed by atoms with Crippen LogP contribution in [-0.2, 0) is 0 Å². The van der Waals surface area contributed by atoms with Crippen LogP contribution in [0.5, 0.6) is 6.01 Å². The highest BCUT2D eigenvalue weighted by Crippen LogP contribution is 2.29. The number of nitrogens with zero attached hydrogens (tertiary/aromatic N) is 2. The molecule has 3 rings (SSSR count). The van der Waals surface area contributed by atoms with Crippen LogP contribution < -0.4 is 4.74 Å². The van der Waals surface area contributed by atoms with Gasteiger partial charge in [0.25, 0.3) is 0 Å². The molecule has 100 valence electrons. The molecule has 0 aliphatic rings. The van der Waals surface area contributed by atoms with Crippen molar-refractivity contribution in [2.24, 2.45) is 0 Å². The highest BCUT2D eigenvalue weighted by atomic mass is 16.5. The summed E-state index contributed by atoms with van der Waals surface area (Å²) in [5.74, 6) is 0.243. The van der Waals surface area contributed by atoms with E-state index in [9.17, 15) is 0 Å². The normalized spacial score (nSPS) is 12.3. The van der Waals surface area contributed by atoms with Gasteiger partial charge >= 0.3 is 6.01 Å². The lowest BCUT2D eigenvalue weighted by molar-refractivity contribution is 0.379. The molecular weight excluding hydrogens is 248 g/mol.